The highest BCUT2D eigenvalue weighted by Gasteiger charge is 2.06. The smallest absolute Gasteiger partial charge is 0.313 e. The highest BCUT2D eigenvalue weighted by Crippen LogP contribution is 2.28. The van der Waals surface area contributed by atoms with E-state index in [2.05, 4.69) is 20.9 Å². The molecule has 3 nitrogen and oxygen atoms in total. The lowest BCUT2D eigenvalue weighted by atomic mass is 10.2. The van der Waals surface area contributed by atoms with Crippen molar-refractivity contribution >= 4 is 45.0 Å². The van der Waals surface area contributed by atoms with Crippen molar-refractivity contribution in [2.24, 2.45) is 0 Å². The molecule has 0 saturated carbocycles. The Morgan fingerprint density at radius 3 is 2.76 bits per heavy atom. The monoisotopic (exact) mass is 329 g/mol. The average Bonchev–Trinajstić information content (AvgIpc) is 2.76. The van der Waals surface area contributed by atoms with E-state index >= 15 is 0 Å². The van der Waals surface area contributed by atoms with Crippen molar-refractivity contribution in [3.8, 4) is 11.3 Å². The first-order valence-electron chi connectivity index (χ1n) is 4.71. The summed E-state index contributed by atoms with van der Waals surface area (Å²) in [6, 6.07) is 7.87. The minimum Gasteiger partial charge on any atom is -0.481 e. The average molecular weight is 330 g/mol. The lowest BCUT2D eigenvalue weighted by molar-refractivity contribution is -0.133. The molecule has 2 aromatic rings. The van der Waals surface area contributed by atoms with E-state index < -0.39 is 5.97 Å². The van der Waals surface area contributed by atoms with Crippen LogP contribution in [0.3, 0.4) is 0 Å². The van der Waals surface area contributed by atoms with E-state index in [1.54, 1.807) is 0 Å². The maximum Gasteiger partial charge on any atom is 0.313 e. The first kappa shape index (κ1) is 12.6. The van der Waals surface area contributed by atoms with Crippen molar-refractivity contribution in [2.45, 2.75) is 4.34 Å². The van der Waals surface area contributed by atoms with E-state index in [1.807, 2.05) is 29.6 Å². The third-order valence-electron chi connectivity index (χ3n) is 1.94. The lowest BCUT2D eigenvalue weighted by Gasteiger charge is -1.96. The van der Waals surface area contributed by atoms with Crippen LogP contribution in [0.2, 0.25) is 0 Å². The summed E-state index contributed by atoms with van der Waals surface area (Å²) in [4.78, 5) is 14.8. The second kappa shape index (κ2) is 5.66. The lowest BCUT2D eigenvalue weighted by Crippen LogP contribution is -1.96. The topological polar surface area (TPSA) is 50.2 Å². The zero-order valence-electron chi connectivity index (χ0n) is 8.59. The molecule has 0 amide bonds. The molecule has 0 bridgehead atoms. The van der Waals surface area contributed by atoms with Crippen LogP contribution in [0.25, 0.3) is 11.3 Å². The van der Waals surface area contributed by atoms with Gasteiger partial charge in [0.15, 0.2) is 4.34 Å². The van der Waals surface area contributed by atoms with Crippen molar-refractivity contribution in [1.82, 2.24) is 4.98 Å². The zero-order chi connectivity index (χ0) is 12.3. The Bertz CT molecular complexity index is 525. The highest BCUT2D eigenvalue weighted by atomic mass is 79.9. The Balaban J connectivity index is 2.12. The van der Waals surface area contributed by atoms with E-state index in [1.165, 1.54) is 23.1 Å². The second-order valence-electron chi connectivity index (χ2n) is 3.19. The van der Waals surface area contributed by atoms with Crippen molar-refractivity contribution < 1.29 is 9.90 Å². The number of hydrogen-bond acceptors (Lipinski definition) is 4. The van der Waals surface area contributed by atoms with E-state index in [4.69, 9.17) is 5.11 Å². The van der Waals surface area contributed by atoms with Gasteiger partial charge in [0.25, 0.3) is 0 Å². The number of aliphatic carboxylic acids is 1. The molecule has 6 heteroatoms. The molecule has 0 radical (unpaired) electrons. The minimum absolute atomic E-state index is 0.0489. The number of nitrogens with zero attached hydrogens (tertiary/aromatic N) is 1. The number of carbonyl (C=O) groups is 1. The Hall–Kier alpha value is -0.850. The number of hydrogen-bond donors (Lipinski definition) is 1. The molecule has 1 aromatic heterocycles. The highest BCUT2D eigenvalue weighted by molar-refractivity contribution is 9.10. The fraction of sp³-hybridized carbons (Fsp3) is 0.0909. The van der Waals surface area contributed by atoms with Gasteiger partial charge in [-0.15, -0.1) is 11.3 Å². The van der Waals surface area contributed by atoms with E-state index in [9.17, 15) is 4.79 Å². The van der Waals surface area contributed by atoms with Gasteiger partial charge < -0.3 is 5.11 Å². The number of carboxylic acid groups (broad SMARTS) is 1. The van der Waals surface area contributed by atoms with Gasteiger partial charge >= 0.3 is 5.97 Å². The van der Waals surface area contributed by atoms with E-state index in [0.29, 0.717) is 0 Å². The minimum atomic E-state index is -0.824. The van der Waals surface area contributed by atoms with Crippen LogP contribution in [0.15, 0.2) is 38.5 Å². The zero-order valence-corrected chi connectivity index (χ0v) is 11.8. The number of carboxylic acids is 1. The number of benzene rings is 1. The maximum atomic E-state index is 10.4. The van der Waals surface area contributed by atoms with Crippen molar-refractivity contribution in [3.05, 3.63) is 34.1 Å². The normalized spacial score (nSPS) is 10.4. The van der Waals surface area contributed by atoms with E-state index in [-0.39, 0.29) is 5.75 Å². The number of aromatic nitrogens is 1. The molecule has 0 aliphatic rings. The predicted molar refractivity (Wildman–Crippen MR) is 73.6 cm³/mol. The molecule has 1 N–H and O–H groups in total. The molecule has 17 heavy (non-hydrogen) atoms. The first-order chi connectivity index (χ1) is 8.15. The van der Waals surface area contributed by atoms with Gasteiger partial charge in [0.2, 0.25) is 0 Å². The number of halogens is 1. The number of rotatable bonds is 4. The van der Waals surface area contributed by atoms with Gasteiger partial charge in [0.1, 0.15) is 0 Å². The van der Waals surface area contributed by atoms with Crippen LogP contribution >= 0.6 is 39.0 Å². The molecule has 1 heterocycles. The van der Waals surface area contributed by atoms with Crippen LogP contribution in [-0.2, 0) is 4.79 Å². The van der Waals surface area contributed by atoms with Crippen LogP contribution < -0.4 is 0 Å². The van der Waals surface area contributed by atoms with E-state index in [0.717, 1.165) is 20.1 Å². The molecule has 2 rings (SSSR count). The van der Waals surface area contributed by atoms with Crippen LogP contribution in [0, 0.1) is 0 Å². The molecular formula is C11H8BrNO2S2. The summed E-state index contributed by atoms with van der Waals surface area (Å²) in [5, 5.41) is 10.5. The molecule has 0 fully saturated rings. The van der Waals surface area contributed by atoms with Gasteiger partial charge in [-0.3, -0.25) is 4.79 Å². The standard InChI is InChI=1S/C11H8BrNO2S2/c12-8-3-1-7(2-4-8)9-5-16-11(13-9)17-6-10(14)15/h1-5H,6H2,(H,14,15). The van der Waals surface area contributed by atoms with Crippen LogP contribution in [0.5, 0.6) is 0 Å². The predicted octanol–water partition coefficient (Wildman–Crippen LogP) is 3.75. The van der Waals surface area contributed by atoms with Gasteiger partial charge in [0, 0.05) is 15.4 Å². The van der Waals surface area contributed by atoms with Gasteiger partial charge in [-0.1, -0.05) is 39.8 Å². The van der Waals surface area contributed by atoms with Gasteiger partial charge in [-0.25, -0.2) is 4.98 Å². The molecule has 0 aliphatic carbocycles. The van der Waals surface area contributed by atoms with Crippen molar-refractivity contribution in [3.63, 3.8) is 0 Å². The summed E-state index contributed by atoms with van der Waals surface area (Å²) in [6.45, 7) is 0. The molecule has 1 aromatic carbocycles. The number of thiazole rings is 1. The molecule has 0 saturated heterocycles. The molecule has 0 unspecified atom stereocenters. The molecule has 0 aliphatic heterocycles. The second-order valence-corrected chi connectivity index (χ2v) is 6.18. The summed E-state index contributed by atoms with van der Waals surface area (Å²) in [6.07, 6.45) is 0. The first-order valence-corrected chi connectivity index (χ1v) is 7.37. The summed E-state index contributed by atoms with van der Waals surface area (Å²) in [5.74, 6) is -0.775. The summed E-state index contributed by atoms with van der Waals surface area (Å²) >= 11 is 6.09. The third kappa shape index (κ3) is 3.55. The van der Waals surface area contributed by atoms with Gasteiger partial charge in [0.05, 0.1) is 11.4 Å². The molecule has 0 atom stereocenters. The molecule has 0 spiro atoms. The molecule has 88 valence electrons. The largest absolute Gasteiger partial charge is 0.481 e. The van der Waals surface area contributed by atoms with Gasteiger partial charge in [-0.2, -0.15) is 0 Å². The Kier molecular flexibility index (Phi) is 4.20. The summed E-state index contributed by atoms with van der Waals surface area (Å²) < 4.78 is 1.81. The third-order valence-corrected chi connectivity index (χ3v) is 4.48. The SMILES string of the molecule is O=C(O)CSc1nc(-c2ccc(Br)cc2)cs1. The van der Waals surface area contributed by atoms with Crippen LogP contribution in [0.1, 0.15) is 0 Å². The fourth-order valence-electron chi connectivity index (χ4n) is 1.20. The Morgan fingerprint density at radius 2 is 2.12 bits per heavy atom. The summed E-state index contributed by atoms with van der Waals surface area (Å²) in [7, 11) is 0. The van der Waals surface area contributed by atoms with Crippen molar-refractivity contribution in [2.75, 3.05) is 5.75 Å². The summed E-state index contributed by atoms with van der Waals surface area (Å²) in [5.41, 5.74) is 1.92. The van der Waals surface area contributed by atoms with Crippen LogP contribution in [-0.4, -0.2) is 21.8 Å². The Labute approximate surface area is 115 Å². The number of thioether (sulfide) groups is 1. The Morgan fingerprint density at radius 1 is 1.41 bits per heavy atom. The fourth-order valence-corrected chi connectivity index (χ4v) is 3.02. The quantitative estimate of drug-likeness (QED) is 0.868. The van der Waals surface area contributed by atoms with Gasteiger partial charge in [-0.05, 0) is 12.1 Å². The van der Waals surface area contributed by atoms with Crippen molar-refractivity contribution in [1.29, 1.82) is 0 Å². The van der Waals surface area contributed by atoms with Crippen LogP contribution in [0.4, 0.5) is 0 Å². The molecular weight excluding hydrogens is 322 g/mol. The maximum absolute atomic E-state index is 10.4.